The Morgan fingerprint density at radius 2 is 1.88 bits per heavy atom. The highest BCUT2D eigenvalue weighted by Gasteiger charge is 2.52. The monoisotopic (exact) mass is 328 g/mol. The molecule has 1 unspecified atom stereocenters. The smallest absolute Gasteiger partial charge is 0.270 e. The standard InChI is InChI=1S/C16H15FN5O2/c1-9-8-21-12-13(19(2)16(24)20(3)14(12)23)18-15(21)22(9)11-7-5-4-6-10(11)17/h4-8,12H,1-3H3/q+1. The number of carbonyl (C=O) groups is 2. The summed E-state index contributed by atoms with van der Waals surface area (Å²) in [5.41, 5.74) is 1.09. The molecule has 2 aliphatic rings. The number of amidine groups is 1. The number of likely N-dealkylation sites (N-methyl/N-ethyl adjacent to an activating group) is 2. The number of halogens is 1. The van der Waals surface area contributed by atoms with Crippen molar-refractivity contribution in [3.63, 3.8) is 0 Å². The fourth-order valence-electron chi connectivity index (χ4n) is 3.20. The summed E-state index contributed by atoms with van der Waals surface area (Å²) >= 11 is 0. The van der Waals surface area contributed by atoms with Crippen molar-refractivity contribution in [2.45, 2.75) is 13.0 Å². The number of carbonyl (C=O) groups excluding carboxylic acids is 2. The van der Waals surface area contributed by atoms with E-state index in [0.29, 0.717) is 17.5 Å². The van der Waals surface area contributed by atoms with E-state index in [4.69, 9.17) is 0 Å². The number of benzene rings is 1. The number of imide groups is 1. The van der Waals surface area contributed by atoms with Crippen LogP contribution >= 0.6 is 0 Å². The number of imidazole rings is 1. The van der Waals surface area contributed by atoms with Crippen molar-refractivity contribution in [3.8, 4) is 5.69 Å². The molecular weight excluding hydrogens is 313 g/mol. The van der Waals surface area contributed by atoms with Crippen molar-refractivity contribution in [1.29, 1.82) is 0 Å². The second kappa shape index (κ2) is 4.73. The first-order valence-corrected chi connectivity index (χ1v) is 7.44. The molecule has 1 aromatic heterocycles. The van der Waals surface area contributed by atoms with Crippen LogP contribution in [0, 0.1) is 12.7 Å². The number of fused-ring (bicyclic) bond motifs is 3. The fraction of sp³-hybridized carbons (Fsp3) is 0.250. The highest BCUT2D eigenvalue weighted by Crippen LogP contribution is 2.31. The maximum Gasteiger partial charge on any atom is 0.407 e. The number of rotatable bonds is 1. The summed E-state index contributed by atoms with van der Waals surface area (Å²) in [4.78, 5) is 31.5. The molecule has 7 nitrogen and oxygen atoms in total. The Hall–Kier alpha value is -3.03. The van der Waals surface area contributed by atoms with Gasteiger partial charge < -0.3 is 0 Å². The van der Waals surface area contributed by atoms with E-state index in [2.05, 4.69) is 4.99 Å². The Bertz CT molecular complexity index is 933. The average Bonchev–Trinajstić information content (AvgIpc) is 3.06. The number of aryl methyl sites for hydroxylation is 1. The second-order valence-electron chi connectivity index (χ2n) is 5.88. The predicted octanol–water partition coefficient (Wildman–Crippen LogP) is 1.32. The minimum Gasteiger partial charge on any atom is -0.270 e. The Morgan fingerprint density at radius 3 is 2.58 bits per heavy atom. The van der Waals surface area contributed by atoms with E-state index in [9.17, 15) is 14.0 Å². The summed E-state index contributed by atoms with van der Waals surface area (Å²) in [6, 6.07) is 5.22. The zero-order chi connectivity index (χ0) is 17.2. The number of urea groups is 1. The molecule has 0 aliphatic carbocycles. The zero-order valence-electron chi connectivity index (χ0n) is 13.4. The van der Waals surface area contributed by atoms with E-state index in [-0.39, 0.29) is 11.7 Å². The number of aromatic nitrogens is 2. The van der Waals surface area contributed by atoms with Crippen molar-refractivity contribution >= 4 is 23.7 Å². The molecule has 1 aromatic carbocycles. The number of nitrogens with zero attached hydrogens (tertiary/aromatic N) is 5. The van der Waals surface area contributed by atoms with Gasteiger partial charge >= 0.3 is 12.0 Å². The van der Waals surface area contributed by atoms with Crippen molar-refractivity contribution < 1.29 is 18.5 Å². The van der Waals surface area contributed by atoms with Crippen LogP contribution in [0.15, 0.2) is 35.5 Å². The van der Waals surface area contributed by atoms with E-state index < -0.39 is 12.1 Å². The quantitative estimate of drug-likeness (QED) is 0.741. The molecule has 3 heterocycles. The zero-order valence-corrected chi connectivity index (χ0v) is 13.4. The van der Waals surface area contributed by atoms with Crippen LogP contribution in [-0.2, 0) is 4.79 Å². The van der Waals surface area contributed by atoms with E-state index >= 15 is 0 Å². The van der Waals surface area contributed by atoms with Gasteiger partial charge in [-0.3, -0.25) is 14.6 Å². The summed E-state index contributed by atoms with van der Waals surface area (Å²) in [5.74, 6) is 0.0259. The predicted molar refractivity (Wildman–Crippen MR) is 82.7 cm³/mol. The van der Waals surface area contributed by atoms with Gasteiger partial charge in [0, 0.05) is 14.1 Å². The second-order valence-corrected chi connectivity index (χ2v) is 5.88. The molecule has 0 radical (unpaired) electrons. The third-order valence-corrected chi connectivity index (χ3v) is 4.42. The van der Waals surface area contributed by atoms with Crippen LogP contribution in [0.25, 0.3) is 5.69 Å². The summed E-state index contributed by atoms with van der Waals surface area (Å²) < 4.78 is 17.6. The Labute approximate surface area is 137 Å². The van der Waals surface area contributed by atoms with Crippen LogP contribution in [0.2, 0.25) is 0 Å². The van der Waals surface area contributed by atoms with Crippen LogP contribution in [0.3, 0.4) is 0 Å². The van der Waals surface area contributed by atoms with Crippen LogP contribution in [0.1, 0.15) is 11.7 Å². The van der Waals surface area contributed by atoms with Crippen molar-refractivity contribution in [2.24, 2.45) is 4.99 Å². The summed E-state index contributed by atoms with van der Waals surface area (Å²) in [6.45, 7) is 1.82. The van der Waals surface area contributed by atoms with Crippen LogP contribution < -0.4 is 4.57 Å². The molecule has 122 valence electrons. The molecule has 3 amide bonds. The number of aliphatic imine (C=N–C) groups is 1. The summed E-state index contributed by atoms with van der Waals surface area (Å²) in [6.07, 6.45) is 1.75. The number of para-hydroxylation sites is 1. The fourth-order valence-corrected chi connectivity index (χ4v) is 3.20. The molecule has 1 atom stereocenters. The molecule has 2 aliphatic heterocycles. The first-order valence-electron chi connectivity index (χ1n) is 7.44. The first-order chi connectivity index (χ1) is 11.4. The third-order valence-electron chi connectivity index (χ3n) is 4.42. The van der Waals surface area contributed by atoms with Gasteiger partial charge in [0.2, 0.25) is 11.9 Å². The normalized spacial score (nSPS) is 19.5. The van der Waals surface area contributed by atoms with E-state index in [1.165, 1.54) is 18.0 Å². The molecule has 24 heavy (non-hydrogen) atoms. The van der Waals surface area contributed by atoms with Crippen molar-refractivity contribution in [2.75, 3.05) is 14.1 Å². The van der Waals surface area contributed by atoms with Gasteiger partial charge in [0.15, 0.2) is 5.82 Å². The Kier molecular flexibility index (Phi) is 2.87. The topological polar surface area (TPSA) is 61.8 Å². The number of hydrogen-bond donors (Lipinski definition) is 0. The lowest BCUT2D eigenvalue weighted by atomic mass is 10.2. The maximum absolute atomic E-state index is 14.2. The molecule has 0 saturated carbocycles. The number of amides is 3. The highest BCUT2D eigenvalue weighted by atomic mass is 19.1. The molecule has 1 fully saturated rings. The van der Waals surface area contributed by atoms with E-state index in [1.54, 1.807) is 40.6 Å². The van der Waals surface area contributed by atoms with Gasteiger partial charge in [-0.15, -0.1) is 0 Å². The summed E-state index contributed by atoms with van der Waals surface area (Å²) in [5, 5.41) is 0. The van der Waals surface area contributed by atoms with Gasteiger partial charge in [-0.2, -0.15) is 4.57 Å². The van der Waals surface area contributed by atoms with Crippen LogP contribution in [-0.4, -0.2) is 46.2 Å². The van der Waals surface area contributed by atoms with Crippen molar-refractivity contribution in [1.82, 2.24) is 14.4 Å². The van der Waals surface area contributed by atoms with Crippen LogP contribution in [0.4, 0.5) is 15.1 Å². The SMILES string of the molecule is Cc1c[n+]2c(n1-c1ccccc1F)N=C1C2C(=O)N(C)C(=O)N1C. The maximum atomic E-state index is 14.2. The Balaban J connectivity index is 1.95. The molecule has 8 heteroatoms. The molecule has 0 spiro atoms. The van der Waals surface area contributed by atoms with Crippen molar-refractivity contribution in [3.05, 3.63) is 42.0 Å². The lowest BCUT2D eigenvalue weighted by molar-refractivity contribution is -0.676. The van der Waals surface area contributed by atoms with E-state index in [0.717, 1.165) is 10.6 Å². The average molecular weight is 328 g/mol. The van der Waals surface area contributed by atoms with Gasteiger partial charge in [0.1, 0.15) is 17.6 Å². The lowest BCUT2D eigenvalue weighted by Crippen LogP contribution is -2.61. The Morgan fingerprint density at radius 1 is 1.17 bits per heavy atom. The van der Waals surface area contributed by atoms with Gasteiger partial charge in [-0.05, 0) is 19.1 Å². The van der Waals surface area contributed by atoms with Gasteiger partial charge in [-0.1, -0.05) is 17.1 Å². The molecule has 4 rings (SSSR count). The summed E-state index contributed by atoms with van der Waals surface area (Å²) in [7, 11) is 3.01. The molecule has 2 aromatic rings. The lowest BCUT2D eigenvalue weighted by Gasteiger charge is -2.30. The largest absolute Gasteiger partial charge is 0.407 e. The number of hydrogen-bond acceptors (Lipinski definition) is 3. The molecule has 1 saturated heterocycles. The van der Waals surface area contributed by atoms with Crippen LogP contribution in [0.5, 0.6) is 0 Å². The molecule has 0 N–H and O–H groups in total. The minimum atomic E-state index is -0.709. The van der Waals surface area contributed by atoms with Gasteiger partial charge in [0.25, 0.3) is 5.91 Å². The molecule has 0 bridgehead atoms. The third kappa shape index (κ3) is 1.70. The minimum absolute atomic E-state index is 0.349. The first kappa shape index (κ1) is 14.6. The molecular formula is C16H15FN5O2+. The van der Waals surface area contributed by atoms with Gasteiger partial charge in [-0.25, -0.2) is 13.8 Å². The van der Waals surface area contributed by atoms with E-state index in [1.807, 2.05) is 6.92 Å². The highest BCUT2D eigenvalue weighted by molar-refractivity contribution is 6.18. The van der Waals surface area contributed by atoms with Gasteiger partial charge in [0.05, 0.1) is 0 Å².